The molecule has 1 atom stereocenters. The molecule has 1 aliphatic heterocycles. The van der Waals surface area contributed by atoms with E-state index in [1.807, 2.05) is 0 Å². The summed E-state index contributed by atoms with van der Waals surface area (Å²) in [4.78, 5) is 0. The number of rotatable bonds is 1. The molecule has 9 heavy (non-hydrogen) atoms. The van der Waals surface area contributed by atoms with Crippen molar-refractivity contribution in [3.63, 3.8) is 0 Å². The molecule has 0 saturated heterocycles. The smallest absolute Gasteiger partial charge is 0.0169 e. The first-order valence-electron chi connectivity index (χ1n) is 3.70. The summed E-state index contributed by atoms with van der Waals surface area (Å²) in [6.07, 6.45) is 6.61. The monoisotopic (exact) mass is 142 g/mol. The Morgan fingerprint density at radius 3 is 2.67 bits per heavy atom. The Balaban J connectivity index is 2.46. The van der Waals surface area contributed by atoms with Gasteiger partial charge in [-0.15, -0.1) is 8.58 Å². The highest BCUT2D eigenvalue weighted by atomic mass is 31.1. The summed E-state index contributed by atoms with van der Waals surface area (Å²) in [5, 5.41) is 0. The van der Waals surface area contributed by atoms with Gasteiger partial charge in [0.15, 0.2) is 0 Å². The third kappa shape index (κ3) is 2.10. The van der Waals surface area contributed by atoms with E-state index in [4.69, 9.17) is 0 Å². The van der Waals surface area contributed by atoms with Crippen molar-refractivity contribution in [1.82, 2.24) is 0 Å². The lowest BCUT2D eigenvalue weighted by molar-refractivity contribution is 0.729. The highest BCUT2D eigenvalue weighted by molar-refractivity contribution is 7.38. The first-order valence-corrected chi connectivity index (χ1v) is 5.12. The van der Waals surface area contributed by atoms with E-state index in [9.17, 15) is 0 Å². The van der Waals surface area contributed by atoms with Crippen molar-refractivity contribution in [2.45, 2.75) is 20.3 Å². The molecule has 1 heterocycles. The maximum atomic E-state index is 2.44. The molecule has 0 amide bonds. The van der Waals surface area contributed by atoms with Crippen LogP contribution in [0.3, 0.4) is 0 Å². The second kappa shape index (κ2) is 3.37. The van der Waals surface area contributed by atoms with Crippen LogP contribution in [0, 0.1) is 5.92 Å². The fourth-order valence-corrected chi connectivity index (χ4v) is 2.24. The standard InChI is InChI=1S/C8H15P/c1-7(2)8-3-5-9-6-4-8/h3,7,9H,4-6H2,1-2H3. The molecule has 0 aromatic carbocycles. The van der Waals surface area contributed by atoms with Crippen LogP contribution >= 0.6 is 8.58 Å². The van der Waals surface area contributed by atoms with Gasteiger partial charge in [-0.1, -0.05) is 25.5 Å². The van der Waals surface area contributed by atoms with Crippen molar-refractivity contribution in [1.29, 1.82) is 0 Å². The summed E-state index contributed by atoms with van der Waals surface area (Å²) < 4.78 is 0. The maximum Gasteiger partial charge on any atom is -0.0169 e. The Bertz CT molecular complexity index is 114. The van der Waals surface area contributed by atoms with Gasteiger partial charge in [0.25, 0.3) is 0 Å². The van der Waals surface area contributed by atoms with Crippen molar-refractivity contribution in [3.8, 4) is 0 Å². The summed E-state index contributed by atoms with van der Waals surface area (Å²) in [7, 11) is 1.20. The van der Waals surface area contributed by atoms with Gasteiger partial charge in [0, 0.05) is 0 Å². The molecule has 1 aliphatic rings. The molecular weight excluding hydrogens is 127 g/mol. The summed E-state index contributed by atoms with van der Waals surface area (Å²) in [5.41, 5.74) is 1.69. The normalized spacial score (nSPS) is 22.8. The third-order valence-electron chi connectivity index (χ3n) is 1.84. The van der Waals surface area contributed by atoms with Crippen LogP contribution in [0.5, 0.6) is 0 Å². The van der Waals surface area contributed by atoms with Crippen LogP contribution in [-0.2, 0) is 0 Å². The minimum atomic E-state index is 0.801. The van der Waals surface area contributed by atoms with E-state index < -0.39 is 0 Å². The molecule has 0 radical (unpaired) electrons. The predicted octanol–water partition coefficient (Wildman–Crippen LogP) is 2.65. The molecular formula is C8H15P. The molecule has 0 aromatic heterocycles. The van der Waals surface area contributed by atoms with Crippen LogP contribution in [0.1, 0.15) is 20.3 Å². The van der Waals surface area contributed by atoms with E-state index in [1.54, 1.807) is 5.57 Å². The molecule has 1 rings (SSSR count). The van der Waals surface area contributed by atoms with Gasteiger partial charge < -0.3 is 0 Å². The van der Waals surface area contributed by atoms with E-state index in [0.29, 0.717) is 0 Å². The zero-order valence-electron chi connectivity index (χ0n) is 6.28. The van der Waals surface area contributed by atoms with Gasteiger partial charge in [-0.2, -0.15) is 0 Å². The Morgan fingerprint density at radius 2 is 2.33 bits per heavy atom. The van der Waals surface area contributed by atoms with Crippen LogP contribution in [-0.4, -0.2) is 12.3 Å². The summed E-state index contributed by atoms with van der Waals surface area (Å²) in [5.74, 6) is 0.801. The average Bonchev–Trinajstić information content (AvgIpc) is 1.90. The SMILES string of the molecule is CC(C)C1=CCPCC1. The van der Waals surface area contributed by atoms with Crippen molar-refractivity contribution < 1.29 is 0 Å². The number of hydrogen-bond acceptors (Lipinski definition) is 0. The zero-order valence-corrected chi connectivity index (χ0v) is 7.28. The first-order chi connectivity index (χ1) is 4.30. The third-order valence-corrected chi connectivity index (χ3v) is 2.94. The van der Waals surface area contributed by atoms with Crippen LogP contribution in [0.25, 0.3) is 0 Å². The summed E-state index contributed by atoms with van der Waals surface area (Å²) >= 11 is 0. The predicted molar refractivity (Wildman–Crippen MR) is 45.6 cm³/mol. The molecule has 0 spiro atoms. The Hall–Kier alpha value is 0.170. The molecule has 1 heteroatoms. The highest BCUT2D eigenvalue weighted by Gasteiger charge is 2.05. The minimum Gasteiger partial charge on any atom is -0.118 e. The van der Waals surface area contributed by atoms with E-state index in [2.05, 4.69) is 19.9 Å². The van der Waals surface area contributed by atoms with Gasteiger partial charge in [-0.25, -0.2) is 0 Å². The largest absolute Gasteiger partial charge is 0.118 e. The van der Waals surface area contributed by atoms with Crippen molar-refractivity contribution >= 4 is 8.58 Å². The Kier molecular flexibility index (Phi) is 2.72. The average molecular weight is 142 g/mol. The topological polar surface area (TPSA) is 0 Å². The lowest BCUT2D eigenvalue weighted by Gasteiger charge is -2.15. The lowest BCUT2D eigenvalue weighted by Crippen LogP contribution is -2.00. The van der Waals surface area contributed by atoms with Crippen molar-refractivity contribution in [2.24, 2.45) is 5.92 Å². The molecule has 0 bridgehead atoms. The second-order valence-corrected chi connectivity index (χ2v) is 4.30. The molecule has 0 saturated carbocycles. The van der Waals surface area contributed by atoms with Gasteiger partial charge in [0.1, 0.15) is 0 Å². The summed E-state index contributed by atoms with van der Waals surface area (Å²) in [6.45, 7) is 4.58. The van der Waals surface area contributed by atoms with Gasteiger partial charge in [0.2, 0.25) is 0 Å². The van der Waals surface area contributed by atoms with Crippen LogP contribution < -0.4 is 0 Å². The van der Waals surface area contributed by atoms with Gasteiger partial charge >= 0.3 is 0 Å². The van der Waals surface area contributed by atoms with Crippen LogP contribution in [0.15, 0.2) is 11.6 Å². The molecule has 52 valence electrons. The minimum absolute atomic E-state index is 0.801. The van der Waals surface area contributed by atoms with Gasteiger partial charge in [-0.3, -0.25) is 0 Å². The Labute approximate surface area is 59.5 Å². The number of hydrogen-bond donors (Lipinski definition) is 0. The molecule has 0 fully saturated rings. The van der Waals surface area contributed by atoms with Gasteiger partial charge in [-0.05, 0) is 24.7 Å². The second-order valence-electron chi connectivity index (χ2n) is 2.89. The molecule has 0 N–H and O–H groups in total. The summed E-state index contributed by atoms with van der Waals surface area (Å²) in [6, 6.07) is 0. The zero-order chi connectivity index (χ0) is 6.69. The quantitative estimate of drug-likeness (QED) is 0.390. The molecule has 0 aromatic rings. The molecule has 1 unspecified atom stereocenters. The van der Waals surface area contributed by atoms with E-state index >= 15 is 0 Å². The van der Waals surface area contributed by atoms with Gasteiger partial charge in [0.05, 0.1) is 0 Å². The fourth-order valence-electron chi connectivity index (χ4n) is 1.16. The van der Waals surface area contributed by atoms with E-state index in [0.717, 1.165) is 5.92 Å². The highest BCUT2D eigenvalue weighted by Crippen LogP contribution is 2.26. The van der Waals surface area contributed by atoms with Crippen molar-refractivity contribution in [2.75, 3.05) is 12.3 Å². The van der Waals surface area contributed by atoms with Crippen LogP contribution in [0.4, 0.5) is 0 Å². The molecule has 0 aliphatic carbocycles. The maximum absolute atomic E-state index is 2.44. The van der Waals surface area contributed by atoms with E-state index in [-0.39, 0.29) is 0 Å². The fraction of sp³-hybridized carbons (Fsp3) is 0.750. The lowest BCUT2D eigenvalue weighted by atomic mass is 10.0. The number of allylic oxidation sites excluding steroid dienone is 2. The molecule has 0 nitrogen and oxygen atoms in total. The van der Waals surface area contributed by atoms with Crippen molar-refractivity contribution in [3.05, 3.63) is 11.6 Å². The van der Waals surface area contributed by atoms with E-state index in [1.165, 1.54) is 27.3 Å². The van der Waals surface area contributed by atoms with Crippen LogP contribution in [0.2, 0.25) is 0 Å². The first kappa shape index (κ1) is 7.28. The Morgan fingerprint density at radius 1 is 1.56 bits per heavy atom.